The van der Waals surface area contributed by atoms with E-state index in [0.29, 0.717) is 11.3 Å². The summed E-state index contributed by atoms with van der Waals surface area (Å²) in [5.41, 5.74) is 2.40. The highest BCUT2D eigenvalue weighted by atomic mass is 16.3. The van der Waals surface area contributed by atoms with E-state index in [1.807, 2.05) is 6.92 Å². The fourth-order valence-corrected chi connectivity index (χ4v) is 6.39. The van der Waals surface area contributed by atoms with Crippen LogP contribution in [-0.2, 0) is 0 Å². The zero-order valence-electron chi connectivity index (χ0n) is 14.5. The van der Waals surface area contributed by atoms with E-state index in [1.54, 1.807) is 5.57 Å². The van der Waals surface area contributed by atoms with Gasteiger partial charge in [0.15, 0.2) is 0 Å². The molecule has 0 amide bonds. The largest absolute Gasteiger partial charge is 0.393 e. The Bertz CT molecular complexity index is 424. The van der Waals surface area contributed by atoms with Crippen molar-refractivity contribution in [2.45, 2.75) is 85.2 Å². The lowest BCUT2D eigenvalue weighted by Gasteiger charge is -2.59. The van der Waals surface area contributed by atoms with E-state index >= 15 is 0 Å². The van der Waals surface area contributed by atoms with Gasteiger partial charge in [-0.15, -0.1) is 0 Å². The van der Waals surface area contributed by atoms with Gasteiger partial charge in [0.2, 0.25) is 0 Å². The monoisotopic (exact) mass is 290 g/mol. The maximum atomic E-state index is 10.4. The van der Waals surface area contributed by atoms with Crippen molar-refractivity contribution in [1.29, 1.82) is 0 Å². The van der Waals surface area contributed by atoms with Crippen molar-refractivity contribution in [3.63, 3.8) is 0 Å². The lowest BCUT2D eigenvalue weighted by Crippen LogP contribution is -2.53. The van der Waals surface area contributed by atoms with E-state index in [2.05, 4.69) is 26.8 Å². The molecule has 1 heteroatoms. The molecule has 21 heavy (non-hydrogen) atoms. The van der Waals surface area contributed by atoms with Crippen molar-refractivity contribution in [3.05, 3.63) is 11.6 Å². The molecule has 0 radical (unpaired) electrons. The summed E-state index contributed by atoms with van der Waals surface area (Å²) in [4.78, 5) is 0. The van der Waals surface area contributed by atoms with Crippen molar-refractivity contribution in [2.75, 3.05) is 0 Å². The van der Waals surface area contributed by atoms with Crippen LogP contribution in [-0.4, -0.2) is 11.2 Å². The lowest BCUT2D eigenvalue weighted by molar-refractivity contribution is -0.103. The molecule has 0 aromatic carbocycles. The Morgan fingerprint density at radius 3 is 2.71 bits per heavy atom. The third kappa shape index (κ3) is 2.22. The minimum atomic E-state index is -0.167. The van der Waals surface area contributed by atoms with Gasteiger partial charge in [-0.25, -0.2) is 0 Å². The van der Waals surface area contributed by atoms with E-state index in [9.17, 15) is 5.11 Å². The van der Waals surface area contributed by atoms with Crippen LogP contribution in [0, 0.1) is 28.6 Å². The molecule has 1 nitrogen and oxygen atoms in total. The molecular weight excluding hydrogens is 256 g/mol. The Labute approximate surface area is 131 Å². The number of hydrogen-bond acceptors (Lipinski definition) is 1. The maximum Gasteiger partial charge on any atom is 0.0568 e. The zero-order valence-corrected chi connectivity index (χ0v) is 14.5. The number of fused-ring (bicyclic) bond motifs is 3. The molecule has 120 valence electrons. The maximum absolute atomic E-state index is 10.4. The van der Waals surface area contributed by atoms with E-state index in [1.165, 1.54) is 51.4 Å². The van der Waals surface area contributed by atoms with Crippen LogP contribution in [0.3, 0.4) is 0 Å². The fraction of sp³-hybridized carbons (Fsp3) is 0.900. The first kappa shape index (κ1) is 15.6. The number of aliphatic hydroxyl groups is 1. The van der Waals surface area contributed by atoms with Gasteiger partial charge in [-0.05, 0) is 80.5 Å². The van der Waals surface area contributed by atoms with Gasteiger partial charge in [-0.1, -0.05) is 38.8 Å². The van der Waals surface area contributed by atoms with Gasteiger partial charge >= 0.3 is 0 Å². The van der Waals surface area contributed by atoms with Crippen LogP contribution in [0.25, 0.3) is 0 Å². The number of rotatable bonds is 2. The molecule has 0 saturated heterocycles. The fourth-order valence-electron chi connectivity index (χ4n) is 6.39. The van der Waals surface area contributed by atoms with Crippen LogP contribution < -0.4 is 0 Å². The minimum Gasteiger partial charge on any atom is -0.393 e. The summed E-state index contributed by atoms with van der Waals surface area (Å²) in [7, 11) is 0. The molecular formula is C20H34O. The molecule has 0 aliphatic heterocycles. The average molecular weight is 290 g/mol. The van der Waals surface area contributed by atoms with Crippen molar-refractivity contribution in [2.24, 2.45) is 28.6 Å². The number of hydrogen-bond donors (Lipinski definition) is 1. The second-order valence-corrected chi connectivity index (χ2v) is 8.58. The van der Waals surface area contributed by atoms with Crippen LogP contribution in [0.5, 0.6) is 0 Å². The molecule has 0 spiro atoms. The first-order chi connectivity index (χ1) is 9.93. The Balaban J connectivity index is 1.93. The van der Waals surface area contributed by atoms with E-state index in [0.717, 1.165) is 11.8 Å². The number of allylic oxidation sites excluding steroid dienone is 2. The molecule has 0 aromatic rings. The molecule has 3 aliphatic rings. The molecule has 3 aliphatic carbocycles. The second-order valence-electron chi connectivity index (χ2n) is 8.58. The quantitative estimate of drug-likeness (QED) is 0.681. The van der Waals surface area contributed by atoms with Crippen molar-refractivity contribution in [3.8, 4) is 0 Å². The lowest BCUT2D eigenvalue weighted by atomic mass is 9.46. The Kier molecular flexibility index (Phi) is 4.01. The molecule has 0 heterocycles. The predicted molar refractivity (Wildman–Crippen MR) is 89.1 cm³/mol. The highest BCUT2D eigenvalue weighted by molar-refractivity contribution is 5.23. The Morgan fingerprint density at radius 2 is 2.05 bits per heavy atom. The van der Waals surface area contributed by atoms with Gasteiger partial charge in [-0.3, -0.25) is 0 Å². The summed E-state index contributed by atoms with van der Waals surface area (Å²) in [5, 5.41) is 10.4. The molecule has 6 atom stereocenters. The van der Waals surface area contributed by atoms with Crippen LogP contribution in [0.2, 0.25) is 0 Å². The van der Waals surface area contributed by atoms with Crippen LogP contribution in [0.4, 0.5) is 0 Å². The minimum absolute atomic E-state index is 0.141. The molecule has 2 fully saturated rings. The van der Waals surface area contributed by atoms with E-state index in [-0.39, 0.29) is 11.5 Å². The standard InChI is InChI=1S/C20H34O/c1-5-17-16-10-9-15-8-6-7-12-20(15,4)18(16)11-13-19(17,3)14(2)21/h8,14,16-18,21H,5-7,9-13H2,1-4H3/t14-,16-,17-,18?,19+,20?/m0/s1. The van der Waals surface area contributed by atoms with Crippen molar-refractivity contribution >= 4 is 0 Å². The van der Waals surface area contributed by atoms with Gasteiger partial charge in [0, 0.05) is 0 Å². The molecule has 1 N–H and O–H groups in total. The highest BCUT2D eigenvalue weighted by Gasteiger charge is 2.55. The topological polar surface area (TPSA) is 20.2 Å². The first-order valence-corrected chi connectivity index (χ1v) is 9.31. The van der Waals surface area contributed by atoms with Gasteiger partial charge in [0.25, 0.3) is 0 Å². The summed E-state index contributed by atoms with van der Waals surface area (Å²) < 4.78 is 0. The van der Waals surface area contributed by atoms with Crippen LogP contribution in [0.15, 0.2) is 11.6 Å². The second kappa shape index (κ2) is 5.41. The predicted octanol–water partition coefficient (Wildman–Crippen LogP) is 5.34. The smallest absolute Gasteiger partial charge is 0.0568 e. The van der Waals surface area contributed by atoms with Gasteiger partial charge in [0.05, 0.1) is 6.10 Å². The van der Waals surface area contributed by atoms with E-state index < -0.39 is 0 Å². The molecule has 3 rings (SSSR count). The van der Waals surface area contributed by atoms with Crippen LogP contribution >= 0.6 is 0 Å². The van der Waals surface area contributed by atoms with Gasteiger partial charge < -0.3 is 5.11 Å². The van der Waals surface area contributed by atoms with Gasteiger partial charge in [-0.2, -0.15) is 0 Å². The first-order valence-electron chi connectivity index (χ1n) is 9.31. The SMILES string of the molecule is CC[C@H]1[C@@H]2CCC3=CCCCC3(C)C2CC[C@]1(C)[C@H](C)O. The molecule has 2 unspecified atom stereocenters. The summed E-state index contributed by atoms with van der Waals surface area (Å²) in [5.74, 6) is 2.41. The third-order valence-electron chi connectivity index (χ3n) is 7.86. The molecule has 0 bridgehead atoms. The Morgan fingerprint density at radius 1 is 1.29 bits per heavy atom. The van der Waals surface area contributed by atoms with Crippen molar-refractivity contribution < 1.29 is 5.11 Å². The normalized spacial score (nSPS) is 48.0. The summed E-state index contributed by atoms with van der Waals surface area (Å²) in [6.45, 7) is 9.30. The number of aliphatic hydroxyl groups excluding tert-OH is 1. The average Bonchev–Trinajstić information content (AvgIpc) is 2.46. The molecule has 2 saturated carbocycles. The Hall–Kier alpha value is -0.300. The van der Waals surface area contributed by atoms with E-state index in [4.69, 9.17) is 0 Å². The zero-order chi connectivity index (χ0) is 15.3. The summed E-state index contributed by atoms with van der Waals surface area (Å²) >= 11 is 0. The summed E-state index contributed by atoms with van der Waals surface area (Å²) in [6, 6.07) is 0. The van der Waals surface area contributed by atoms with Crippen LogP contribution in [0.1, 0.15) is 79.1 Å². The van der Waals surface area contributed by atoms with Gasteiger partial charge in [0.1, 0.15) is 0 Å². The highest BCUT2D eigenvalue weighted by Crippen LogP contribution is 2.62. The molecule has 0 aromatic heterocycles. The summed E-state index contributed by atoms with van der Waals surface area (Å²) in [6.07, 6.45) is 13.0. The van der Waals surface area contributed by atoms with Crippen molar-refractivity contribution in [1.82, 2.24) is 0 Å². The third-order valence-corrected chi connectivity index (χ3v) is 7.86.